The van der Waals surface area contributed by atoms with Gasteiger partial charge in [-0.05, 0) is 53.4 Å². The second kappa shape index (κ2) is 4.76. The molecule has 1 aromatic rings. The quantitative estimate of drug-likeness (QED) is 0.770. The number of piperidine rings is 1. The Labute approximate surface area is 109 Å². The molecule has 2 rings (SSSR count). The largest absolute Gasteiger partial charge is 0.311 e. The highest BCUT2D eigenvalue weighted by molar-refractivity contribution is 9.10. The maximum absolute atomic E-state index is 11.8. The van der Waals surface area contributed by atoms with Crippen LogP contribution in [-0.4, -0.2) is 12.5 Å². The first-order valence-corrected chi connectivity index (χ1v) is 6.52. The predicted octanol–water partition coefficient (Wildman–Crippen LogP) is 3.93. The third-order valence-corrected chi connectivity index (χ3v) is 3.88. The average Bonchev–Trinajstić information content (AvgIpc) is 2.25. The van der Waals surface area contributed by atoms with Crippen LogP contribution in [-0.2, 0) is 4.79 Å². The molecule has 1 aliphatic heterocycles. The monoisotopic (exact) mass is 301 g/mol. The number of nitrogens with zero attached hydrogens (tertiary/aromatic N) is 1. The molecule has 2 nitrogen and oxygen atoms in total. The summed E-state index contributed by atoms with van der Waals surface area (Å²) in [5, 5.41) is 0.705. The Morgan fingerprint density at radius 2 is 2.12 bits per heavy atom. The van der Waals surface area contributed by atoms with Crippen molar-refractivity contribution in [1.82, 2.24) is 0 Å². The van der Waals surface area contributed by atoms with Gasteiger partial charge in [0.25, 0.3) is 0 Å². The Morgan fingerprint density at radius 3 is 2.81 bits per heavy atom. The Morgan fingerprint density at radius 1 is 1.38 bits per heavy atom. The standard InChI is InChI=1S/C12H13BrClNO/c1-8-6-9(13)11(7-10(8)14)15-5-3-2-4-12(15)16/h6-7H,2-5H2,1H3. The third-order valence-electron chi connectivity index (χ3n) is 2.84. The zero-order chi connectivity index (χ0) is 11.7. The molecular formula is C12H13BrClNO. The Bertz CT molecular complexity index is 433. The summed E-state index contributed by atoms with van der Waals surface area (Å²) < 4.78 is 0.935. The van der Waals surface area contributed by atoms with E-state index in [1.54, 1.807) is 0 Å². The molecule has 1 aromatic carbocycles. The van der Waals surface area contributed by atoms with Gasteiger partial charge in [0.2, 0.25) is 5.91 Å². The highest BCUT2D eigenvalue weighted by atomic mass is 79.9. The van der Waals surface area contributed by atoms with Crippen LogP contribution >= 0.6 is 27.5 Å². The lowest BCUT2D eigenvalue weighted by Gasteiger charge is -2.28. The van der Waals surface area contributed by atoms with E-state index in [0.29, 0.717) is 11.4 Å². The summed E-state index contributed by atoms with van der Waals surface area (Å²) in [5.74, 6) is 0.187. The predicted molar refractivity (Wildman–Crippen MR) is 70.1 cm³/mol. The normalized spacial score (nSPS) is 16.7. The molecule has 0 unspecified atom stereocenters. The number of carbonyl (C=O) groups excluding carboxylic acids is 1. The van der Waals surface area contributed by atoms with Crippen molar-refractivity contribution in [3.8, 4) is 0 Å². The molecule has 1 saturated heterocycles. The first kappa shape index (κ1) is 11.9. The van der Waals surface area contributed by atoms with Crippen molar-refractivity contribution in [2.24, 2.45) is 0 Å². The molecule has 0 saturated carbocycles. The van der Waals surface area contributed by atoms with Crippen molar-refractivity contribution in [3.63, 3.8) is 0 Å². The molecule has 0 spiro atoms. The molecule has 0 aliphatic carbocycles. The van der Waals surface area contributed by atoms with Gasteiger partial charge in [0.05, 0.1) is 5.69 Å². The van der Waals surface area contributed by atoms with Crippen molar-refractivity contribution < 1.29 is 4.79 Å². The first-order chi connectivity index (χ1) is 7.59. The Kier molecular flexibility index (Phi) is 3.55. The van der Waals surface area contributed by atoms with Crippen LogP contribution in [0.1, 0.15) is 24.8 Å². The molecule has 0 N–H and O–H groups in total. The Balaban J connectivity index is 2.39. The van der Waals surface area contributed by atoms with Crippen LogP contribution in [0.15, 0.2) is 16.6 Å². The molecule has 0 radical (unpaired) electrons. The molecule has 0 bridgehead atoms. The molecule has 0 atom stereocenters. The molecule has 0 aromatic heterocycles. The molecule has 16 heavy (non-hydrogen) atoms. The van der Waals surface area contributed by atoms with Crippen LogP contribution in [0.25, 0.3) is 0 Å². The zero-order valence-electron chi connectivity index (χ0n) is 9.09. The number of carbonyl (C=O) groups is 1. The van der Waals surface area contributed by atoms with Gasteiger partial charge in [-0.1, -0.05) is 11.6 Å². The van der Waals surface area contributed by atoms with Crippen LogP contribution in [0.3, 0.4) is 0 Å². The summed E-state index contributed by atoms with van der Waals surface area (Å²) in [6.45, 7) is 2.74. The Hall–Kier alpha value is -0.540. The van der Waals surface area contributed by atoms with Crippen LogP contribution in [0.2, 0.25) is 5.02 Å². The minimum Gasteiger partial charge on any atom is -0.311 e. The van der Waals surface area contributed by atoms with Crippen LogP contribution < -0.4 is 4.90 Å². The molecule has 4 heteroatoms. The average molecular weight is 303 g/mol. The highest BCUT2D eigenvalue weighted by Crippen LogP contribution is 2.33. The summed E-state index contributed by atoms with van der Waals surface area (Å²) in [7, 11) is 0. The number of anilines is 1. The highest BCUT2D eigenvalue weighted by Gasteiger charge is 2.21. The number of rotatable bonds is 1. The summed E-state index contributed by atoms with van der Waals surface area (Å²) in [6, 6.07) is 3.82. The van der Waals surface area contributed by atoms with Gasteiger partial charge >= 0.3 is 0 Å². The molecule has 1 amide bonds. The van der Waals surface area contributed by atoms with Gasteiger partial charge in [-0.25, -0.2) is 0 Å². The lowest BCUT2D eigenvalue weighted by atomic mass is 10.1. The first-order valence-electron chi connectivity index (χ1n) is 5.35. The van der Waals surface area contributed by atoms with Crippen molar-refractivity contribution in [2.75, 3.05) is 11.4 Å². The van der Waals surface area contributed by atoms with Crippen molar-refractivity contribution in [1.29, 1.82) is 0 Å². The fourth-order valence-electron chi connectivity index (χ4n) is 1.90. The fourth-order valence-corrected chi connectivity index (χ4v) is 2.73. The van der Waals surface area contributed by atoms with Crippen molar-refractivity contribution >= 4 is 39.1 Å². The van der Waals surface area contributed by atoms with E-state index in [1.165, 1.54) is 0 Å². The van der Waals surface area contributed by atoms with E-state index < -0.39 is 0 Å². The number of hydrogen-bond acceptors (Lipinski definition) is 1. The van der Waals surface area contributed by atoms with E-state index in [9.17, 15) is 4.79 Å². The number of amides is 1. The smallest absolute Gasteiger partial charge is 0.227 e. The molecule has 1 fully saturated rings. The summed E-state index contributed by atoms with van der Waals surface area (Å²) in [6.07, 6.45) is 2.69. The van der Waals surface area contributed by atoms with E-state index in [-0.39, 0.29) is 5.91 Å². The van der Waals surface area contributed by atoms with Gasteiger partial charge in [-0.2, -0.15) is 0 Å². The van der Waals surface area contributed by atoms with Gasteiger partial charge in [0, 0.05) is 22.5 Å². The third kappa shape index (κ3) is 2.25. The number of halogens is 2. The molecule has 86 valence electrons. The van der Waals surface area contributed by atoms with Gasteiger partial charge in [0.1, 0.15) is 0 Å². The van der Waals surface area contributed by atoms with Crippen LogP contribution in [0.4, 0.5) is 5.69 Å². The topological polar surface area (TPSA) is 20.3 Å². The summed E-state index contributed by atoms with van der Waals surface area (Å²) >= 11 is 9.59. The molecule has 1 aliphatic rings. The van der Waals surface area contributed by atoms with Gasteiger partial charge in [-0.15, -0.1) is 0 Å². The van der Waals surface area contributed by atoms with E-state index >= 15 is 0 Å². The molecular weight excluding hydrogens is 289 g/mol. The number of aryl methyl sites for hydroxylation is 1. The van der Waals surface area contributed by atoms with E-state index in [0.717, 1.165) is 35.1 Å². The molecule has 1 heterocycles. The van der Waals surface area contributed by atoms with Gasteiger partial charge in [0.15, 0.2) is 0 Å². The zero-order valence-corrected chi connectivity index (χ0v) is 11.4. The number of hydrogen-bond donors (Lipinski definition) is 0. The SMILES string of the molecule is Cc1cc(Br)c(N2CCCCC2=O)cc1Cl. The van der Waals surface area contributed by atoms with E-state index in [1.807, 2.05) is 24.0 Å². The number of benzene rings is 1. The summed E-state index contributed by atoms with van der Waals surface area (Å²) in [4.78, 5) is 13.6. The second-order valence-electron chi connectivity index (χ2n) is 4.06. The van der Waals surface area contributed by atoms with E-state index in [4.69, 9.17) is 11.6 Å². The van der Waals surface area contributed by atoms with E-state index in [2.05, 4.69) is 15.9 Å². The lowest BCUT2D eigenvalue weighted by Crippen LogP contribution is -2.35. The van der Waals surface area contributed by atoms with Gasteiger partial charge in [-0.3, -0.25) is 4.79 Å². The fraction of sp³-hybridized carbons (Fsp3) is 0.417. The van der Waals surface area contributed by atoms with Crippen LogP contribution in [0, 0.1) is 6.92 Å². The van der Waals surface area contributed by atoms with Crippen LogP contribution in [0.5, 0.6) is 0 Å². The van der Waals surface area contributed by atoms with Crippen molar-refractivity contribution in [3.05, 3.63) is 27.2 Å². The summed E-state index contributed by atoms with van der Waals surface area (Å²) in [5.41, 5.74) is 1.90. The van der Waals surface area contributed by atoms with Crippen molar-refractivity contribution in [2.45, 2.75) is 26.2 Å². The lowest BCUT2D eigenvalue weighted by molar-refractivity contribution is -0.119. The maximum atomic E-state index is 11.8. The van der Waals surface area contributed by atoms with Gasteiger partial charge < -0.3 is 4.90 Å². The minimum absolute atomic E-state index is 0.187. The minimum atomic E-state index is 0.187. The maximum Gasteiger partial charge on any atom is 0.227 e. The second-order valence-corrected chi connectivity index (χ2v) is 5.32.